The Bertz CT molecular complexity index is 291. The molecular formula is C11H19F3N2O2. The summed E-state index contributed by atoms with van der Waals surface area (Å²) in [5, 5.41) is 11.8. The van der Waals surface area contributed by atoms with E-state index in [1.807, 2.05) is 0 Å². The Balaban J connectivity index is 2.59. The average Bonchev–Trinajstić information content (AvgIpc) is 2.95. The molecule has 1 rings (SSSR count). The number of hydrogen-bond acceptors (Lipinski definition) is 3. The number of alkyl halides is 3. The molecule has 0 bridgehead atoms. The molecule has 106 valence electrons. The molecule has 0 saturated heterocycles. The lowest BCUT2D eigenvalue weighted by Crippen LogP contribution is -2.51. The van der Waals surface area contributed by atoms with Gasteiger partial charge in [0.25, 0.3) is 0 Å². The van der Waals surface area contributed by atoms with E-state index in [1.54, 1.807) is 13.8 Å². The van der Waals surface area contributed by atoms with Crippen LogP contribution in [-0.2, 0) is 4.79 Å². The first-order chi connectivity index (χ1) is 8.19. The SMILES string of the molecule is CC(C)NC(CN(CC(F)(F)F)C1CC1)C(=O)O. The molecule has 0 amide bonds. The molecule has 0 radical (unpaired) electrons. The highest BCUT2D eigenvalue weighted by molar-refractivity contribution is 5.73. The van der Waals surface area contributed by atoms with Gasteiger partial charge in [-0.15, -0.1) is 0 Å². The quantitative estimate of drug-likeness (QED) is 0.734. The first-order valence-electron chi connectivity index (χ1n) is 5.98. The molecule has 0 aromatic rings. The number of rotatable bonds is 7. The van der Waals surface area contributed by atoms with Gasteiger partial charge in [0.2, 0.25) is 0 Å². The normalized spacial score (nSPS) is 18.4. The van der Waals surface area contributed by atoms with Gasteiger partial charge in [0.1, 0.15) is 6.04 Å². The third-order valence-electron chi connectivity index (χ3n) is 2.70. The van der Waals surface area contributed by atoms with Crippen LogP contribution in [0, 0.1) is 0 Å². The van der Waals surface area contributed by atoms with Gasteiger partial charge in [0, 0.05) is 18.6 Å². The molecule has 0 aromatic carbocycles. The molecule has 1 atom stereocenters. The molecule has 7 heteroatoms. The maximum absolute atomic E-state index is 12.4. The Morgan fingerprint density at radius 1 is 1.44 bits per heavy atom. The third kappa shape index (κ3) is 5.68. The van der Waals surface area contributed by atoms with E-state index in [0.29, 0.717) is 12.8 Å². The van der Waals surface area contributed by atoms with Gasteiger partial charge in [0.05, 0.1) is 6.54 Å². The van der Waals surface area contributed by atoms with E-state index < -0.39 is 24.7 Å². The van der Waals surface area contributed by atoms with E-state index in [4.69, 9.17) is 5.11 Å². The van der Waals surface area contributed by atoms with Crippen LogP contribution in [0.25, 0.3) is 0 Å². The van der Waals surface area contributed by atoms with E-state index >= 15 is 0 Å². The van der Waals surface area contributed by atoms with Crippen molar-refractivity contribution in [2.45, 2.75) is 51.0 Å². The summed E-state index contributed by atoms with van der Waals surface area (Å²) in [5.74, 6) is -1.11. The van der Waals surface area contributed by atoms with Crippen molar-refractivity contribution in [3.8, 4) is 0 Å². The Hall–Kier alpha value is -0.820. The van der Waals surface area contributed by atoms with Crippen molar-refractivity contribution in [1.29, 1.82) is 0 Å². The van der Waals surface area contributed by atoms with Crippen LogP contribution in [-0.4, -0.2) is 53.4 Å². The zero-order chi connectivity index (χ0) is 13.9. The standard InChI is InChI=1S/C11H19F3N2O2/c1-7(2)15-9(10(17)18)5-16(8-3-4-8)6-11(12,13)14/h7-9,15H,3-6H2,1-2H3,(H,17,18). The van der Waals surface area contributed by atoms with Crippen molar-refractivity contribution in [2.24, 2.45) is 0 Å². The smallest absolute Gasteiger partial charge is 0.401 e. The summed E-state index contributed by atoms with van der Waals surface area (Å²) in [5.41, 5.74) is 0. The minimum Gasteiger partial charge on any atom is -0.480 e. The largest absolute Gasteiger partial charge is 0.480 e. The molecule has 1 aliphatic carbocycles. The molecule has 0 aromatic heterocycles. The lowest BCUT2D eigenvalue weighted by Gasteiger charge is -2.27. The number of carboxylic acids is 1. The minimum atomic E-state index is -4.29. The first kappa shape index (κ1) is 15.2. The zero-order valence-corrected chi connectivity index (χ0v) is 10.5. The van der Waals surface area contributed by atoms with Crippen LogP contribution in [0.2, 0.25) is 0 Å². The van der Waals surface area contributed by atoms with Crippen molar-refractivity contribution in [2.75, 3.05) is 13.1 Å². The number of aliphatic carboxylic acids is 1. The summed E-state index contributed by atoms with van der Waals surface area (Å²) in [6, 6.07) is -1.17. The zero-order valence-electron chi connectivity index (χ0n) is 10.5. The predicted molar refractivity (Wildman–Crippen MR) is 60.3 cm³/mol. The lowest BCUT2D eigenvalue weighted by atomic mass is 10.2. The van der Waals surface area contributed by atoms with Crippen molar-refractivity contribution < 1.29 is 23.1 Å². The fraction of sp³-hybridized carbons (Fsp3) is 0.909. The summed E-state index contributed by atoms with van der Waals surface area (Å²) < 4.78 is 37.2. The number of carbonyl (C=O) groups is 1. The highest BCUT2D eigenvalue weighted by atomic mass is 19.4. The van der Waals surface area contributed by atoms with Crippen LogP contribution in [0.5, 0.6) is 0 Å². The molecule has 1 unspecified atom stereocenters. The molecule has 1 fully saturated rings. The second kappa shape index (κ2) is 5.88. The Morgan fingerprint density at radius 2 is 2.00 bits per heavy atom. The van der Waals surface area contributed by atoms with Crippen molar-refractivity contribution in [1.82, 2.24) is 10.2 Å². The second-order valence-corrected chi connectivity index (χ2v) is 4.99. The topological polar surface area (TPSA) is 52.6 Å². The van der Waals surface area contributed by atoms with Gasteiger partial charge in [-0.3, -0.25) is 9.69 Å². The van der Waals surface area contributed by atoms with Gasteiger partial charge in [0.15, 0.2) is 0 Å². The van der Waals surface area contributed by atoms with Crippen LogP contribution >= 0.6 is 0 Å². The molecule has 1 saturated carbocycles. The van der Waals surface area contributed by atoms with Crippen LogP contribution in [0.4, 0.5) is 13.2 Å². The van der Waals surface area contributed by atoms with E-state index in [2.05, 4.69) is 5.32 Å². The second-order valence-electron chi connectivity index (χ2n) is 4.99. The number of nitrogens with one attached hydrogen (secondary N) is 1. The molecular weight excluding hydrogens is 249 g/mol. The van der Waals surface area contributed by atoms with Gasteiger partial charge in [-0.05, 0) is 12.8 Å². The Morgan fingerprint density at radius 3 is 2.33 bits per heavy atom. The van der Waals surface area contributed by atoms with E-state index in [0.717, 1.165) is 0 Å². The van der Waals surface area contributed by atoms with Gasteiger partial charge >= 0.3 is 12.1 Å². The maximum atomic E-state index is 12.4. The fourth-order valence-corrected chi connectivity index (χ4v) is 1.85. The molecule has 1 aliphatic rings. The molecule has 0 heterocycles. The monoisotopic (exact) mass is 268 g/mol. The van der Waals surface area contributed by atoms with Gasteiger partial charge < -0.3 is 10.4 Å². The Kier molecular flexibility index (Phi) is 4.98. The highest BCUT2D eigenvalue weighted by Crippen LogP contribution is 2.30. The van der Waals surface area contributed by atoms with Crippen LogP contribution in [0.1, 0.15) is 26.7 Å². The van der Waals surface area contributed by atoms with E-state index in [1.165, 1.54) is 4.90 Å². The molecule has 4 nitrogen and oxygen atoms in total. The third-order valence-corrected chi connectivity index (χ3v) is 2.70. The number of hydrogen-bond donors (Lipinski definition) is 2. The summed E-state index contributed by atoms with van der Waals surface area (Å²) in [7, 11) is 0. The summed E-state index contributed by atoms with van der Waals surface area (Å²) in [6.45, 7) is 2.38. The van der Waals surface area contributed by atoms with Gasteiger partial charge in [-0.2, -0.15) is 13.2 Å². The molecule has 2 N–H and O–H groups in total. The summed E-state index contributed by atoms with van der Waals surface area (Å²) >= 11 is 0. The lowest BCUT2D eigenvalue weighted by molar-refractivity contribution is -0.152. The van der Waals surface area contributed by atoms with E-state index in [-0.39, 0.29) is 18.6 Å². The summed E-state index contributed by atoms with van der Waals surface area (Å²) in [4.78, 5) is 12.2. The van der Waals surface area contributed by atoms with Crippen LogP contribution < -0.4 is 5.32 Å². The minimum absolute atomic E-state index is 0.0851. The summed E-state index contributed by atoms with van der Waals surface area (Å²) in [6.07, 6.45) is -2.86. The van der Waals surface area contributed by atoms with Crippen LogP contribution in [0.3, 0.4) is 0 Å². The maximum Gasteiger partial charge on any atom is 0.401 e. The van der Waals surface area contributed by atoms with Crippen LogP contribution in [0.15, 0.2) is 0 Å². The predicted octanol–water partition coefficient (Wildman–Crippen LogP) is 1.46. The highest BCUT2D eigenvalue weighted by Gasteiger charge is 2.39. The van der Waals surface area contributed by atoms with Gasteiger partial charge in [-0.25, -0.2) is 0 Å². The van der Waals surface area contributed by atoms with Crippen molar-refractivity contribution in [3.63, 3.8) is 0 Å². The first-order valence-corrected chi connectivity index (χ1v) is 5.98. The van der Waals surface area contributed by atoms with Crippen molar-refractivity contribution >= 4 is 5.97 Å². The van der Waals surface area contributed by atoms with Crippen molar-refractivity contribution in [3.05, 3.63) is 0 Å². The number of halogens is 3. The molecule has 18 heavy (non-hydrogen) atoms. The average molecular weight is 268 g/mol. The molecule has 0 aliphatic heterocycles. The van der Waals surface area contributed by atoms with Gasteiger partial charge in [-0.1, -0.05) is 13.8 Å². The number of nitrogens with zero attached hydrogens (tertiary/aromatic N) is 1. The van der Waals surface area contributed by atoms with E-state index in [9.17, 15) is 18.0 Å². The Labute approximate surface area is 104 Å². The molecule has 0 spiro atoms. The number of carboxylic acid groups (broad SMARTS) is 1. The fourth-order valence-electron chi connectivity index (χ4n) is 1.85.